The number of carbonyl (C=O) groups is 1. The zero-order chi connectivity index (χ0) is 15.4. The van der Waals surface area contributed by atoms with E-state index >= 15 is 0 Å². The van der Waals surface area contributed by atoms with Crippen LogP contribution >= 0.6 is 0 Å². The number of primary amides is 1. The molecule has 2 aromatic heterocycles. The Bertz CT molecular complexity index is 646. The quantitative estimate of drug-likeness (QED) is 0.906. The lowest BCUT2D eigenvalue weighted by molar-refractivity contribution is -0.118. The summed E-state index contributed by atoms with van der Waals surface area (Å²) in [4.78, 5) is 26.5. The predicted molar refractivity (Wildman–Crippen MR) is 83.1 cm³/mol. The van der Waals surface area contributed by atoms with E-state index in [0.29, 0.717) is 12.8 Å². The maximum atomic E-state index is 10.9. The minimum atomic E-state index is -0.299. The van der Waals surface area contributed by atoms with Gasteiger partial charge >= 0.3 is 0 Å². The van der Waals surface area contributed by atoms with Crippen LogP contribution < -0.4 is 10.6 Å². The second-order valence-corrected chi connectivity index (χ2v) is 5.42. The summed E-state index contributed by atoms with van der Waals surface area (Å²) in [7, 11) is 0. The van der Waals surface area contributed by atoms with Crippen LogP contribution in [0.25, 0.3) is 0 Å². The first-order valence-electron chi connectivity index (χ1n) is 7.52. The lowest BCUT2D eigenvalue weighted by Gasteiger charge is -2.24. The molecule has 1 unspecified atom stereocenters. The molecule has 0 aromatic carbocycles. The smallest absolute Gasteiger partial charge is 0.225 e. The average Bonchev–Trinajstić information content (AvgIpc) is 3.04. The molecule has 3 heterocycles. The standard InChI is InChI=1S/C16H19N5O/c17-15(22)8-7-12-4-1-5-13(20-12)14-6-2-11-21(14)16-18-9-3-10-19-16/h1,3-5,9-10,14H,2,6-8,11H2,(H2,17,22). The van der Waals surface area contributed by atoms with E-state index in [1.165, 1.54) is 0 Å². The summed E-state index contributed by atoms with van der Waals surface area (Å²) >= 11 is 0. The monoisotopic (exact) mass is 297 g/mol. The largest absolute Gasteiger partial charge is 0.370 e. The molecule has 22 heavy (non-hydrogen) atoms. The molecule has 1 fully saturated rings. The van der Waals surface area contributed by atoms with Crippen molar-refractivity contribution < 1.29 is 4.79 Å². The normalized spacial score (nSPS) is 17.6. The number of hydrogen-bond acceptors (Lipinski definition) is 5. The van der Waals surface area contributed by atoms with Gasteiger partial charge in [-0.25, -0.2) is 9.97 Å². The molecule has 2 aromatic rings. The van der Waals surface area contributed by atoms with E-state index < -0.39 is 0 Å². The van der Waals surface area contributed by atoms with Gasteiger partial charge in [0.1, 0.15) is 0 Å². The Morgan fingerprint density at radius 3 is 2.86 bits per heavy atom. The minimum absolute atomic E-state index is 0.191. The van der Waals surface area contributed by atoms with Crippen LogP contribution in [-0.4, -0.2) is 27.4 Å². The van der Waals surface area contributed by atoms with Crippen molar-refractivity contribution in [1.29, 1.82) is 0 Å². The SMILES string of the molecule is NC(=O)CCc1cccc(C2CCCN2c2ncccn2)n1. The Morgan fingerprint density at radius 1 is 1.27 bits per heavy atom. The number of pyridine rings is 1. The van der Waals surface area contributed by atoms with Crippen LogP contribution in [0, 0.1) is 0 Å². The van der Waals surface area contributed by atoms with Gasteiger partial charge in [0.05, 0.1) is 11.7 Å². The fourth-order valence-electron chi connectivity index (χ4n) is 2.83. The van der Waals surface area contributed by atoms with Gasteiger partial charge in [0.15, 0.2) is 0 Å². The molecule has 6 nitrogen and oxygen atoms in total. The number of rotatable bonds is 5. The van der Waals surface area contributed by atoms with Crippen LogP contribution in [0.2, 0.25) is 0 Å². The molecule has 1 aliphatic heterocycles. The number of aromatic nitrogens is 3. The van der Waals surface area contributed by atoms with E-state index in [9.17, 15) is 4.79 Å². The van der Waals surface area contributed by atoms with Gasteiger partial charge in [-0.2, -0.15) is 0 Å². The minimum Gasteiger partial charge on any atom is -0.370 e. The van der Waals surface area contributed by atoms with Crippen molar-refractivity contribution in [2.75, 3.05) is 11.4 Å². The Morgan fingerprint density at radius 2 is 2.09 bits per heavy atom. The zero-order valence-electron chi connectivity index (χ0n) is 12.4. The van der Waals surface area contributed by atoms with Crippen molar-refractivity contribution in [2.45, 2.75) is 31.7 Å². The first-order chi connectivity index (χ1) is 10.7. The molecule has 3 rings (SSSR count). The molecule has 1 amide bonds. The number of amides is 1. The average molecular weight is 297 g/mol. The van der Waals surface area contributed by atoms with Crippen molar-refractivity contribution in [3.63, 3.8) is 0 Å². The molecular weight excluding hydrogens is 278 g/mol. The highest BCUT2D eigenvalue weighted by Gasteiger charge is 2.28. The first-order valence-corrected chi connectivity index (χ1v) is 7.52. The van der Waals surface area contributed by atoms with Crippen LogP contribution in [0.5, 0.6) is 0 Å². The Kier molecular flexibility index (Phi) is 4.27. The molecule has 1 saturated heterocycles. The molecule has 114 valence electrons. The summed E-state index contributed by atoms with van der Waals surface area (Å²) in [6.45, 7) is 0.932. The maximum absolute atomic E-state index is 10.9. The third kappa shape index (κ3) is 3.21. The molecule has 1 aliphatic rings. The van der Waals surface area contributed by atoms with Gasteiger partial charge in [-0.15, -0.1) is 0 Å². The molecule has 0 aliphatic carbocycles. The number of nitrogens with two attached hydrogens (primary N) is 1. The second kappa shape index (κ2) is 6.51. The Labute approximate surface area is 129 Å². The highest BCUT2D eigenvalue weighted by molar-refractivity contribution is 5.73. The molecule has 1 atom stereocenters. The molecule has 0 radical (unpaired) electrons. The van der Waals surface area contributed by atoms with Gasteiger partial charge in [-0.1, -0.05) is 6.07 Å². The molecule has 0 saturated carbocycles. The number of nitrogens with zero attached hydrogens (tertiary/aromatic N) is 4. The maximum Gasteiger partial charge on any atom is 0.225 e. The summed E-state index contributed by atoms with van der Waals surface area (Å²) < 4.78 is 0. The summed E-state index contributed by atoms with van der Waals surface area (Å²) in [5.74, 6) is 0.446. The van der Waals surface area contributed by atoms with Gasteiger partial charge in [0.2, 0.25) is 11.9 Å². The van der Waals surface area contributed by atoms with E-state index in [1.54, 1.807) is 12.4 Å². The van der Waals surface area contributed by atoms with Gasteiger partial charge in [-0.3, -0.25) is 9.78 Å². The summed E-state index contributed by atoms with van der Waals surface area (Å²) in [5, 5.41) is 0. The van der Waals surface area contributed by atoms with E-state index in [4.69, 9.17) is 10.7 Å². The fraction of sp³-hybridized carbons (Fsp3) is 0.375. The number of carbonyl (C=O) groups excluding carboxylic acids is 1. The van der Waals surface area contributed by atoms with Crippen LogP contribution in [0.3, 0.4) is 0 Å². The first kappa shape index (κ1) is 14.4. The van der Waals surface area contributed by atoms with Crippen molar-refractivity contribution >= 4 is 11.9 Å². The Hall–Kier alpha value is -2.50. The molecule has 6 heteroatoms. The van der Waals surface area contributed by atoms with E-state index in [-0.39, 0.29) is 11.9 Å². The van der Waals surface area contributed by atoms with Gasteiger partial charge in [0, 0.05) is 31.1 Å². The molecular formula is C16H19N5O. The molecule has 0 bridgehead atoms. The van der Waals surface area contributed by atoms with E-state index in [1.807, 2.05) is 24.3 Å². The second-order valence-electron chi connectivity index (χ2n) is 5.42. The summed E-state index contributed by atoms with van der Waals surface area (Å²) in [6, 6.07) is 7.96. The highest BCUT2D eigenvalue weighted by Crippen LogP contribution is 2.33. The van der Waals surface area contributed by atoms with Crippen molar-refractivity contribution in [1.82, 2.24) is 15.0 Å². The topological polar surface area (TPSA) is 85.0 Å². The van der Waals surface area contributed by atoms with Gasteiger partial charge in [-0.05, 0) is 37.5 Å². The van der Waals surface area contributed by atoms with Crippen LogP contribution in [0.1, 0.15) is 36.7 Å². The van der Waals surface area contributed by atoms with Crippen LogP contribution in [0.15, 0.2) is 36.7 Å². The van der Waals surface area contributed by atoms with Gasteiger partial charge in [0.25, 0.3) is 0 Å². The fourth-order valence-corrected chi connectivity index (χ4v) is 2.83. The summed E-state index contributed by atoms with van der Waals surface area (Å²) in [6.07, 6.45) is 6.55. The van der Waals surface area contributed by atoms with Crippen molar-refractivity contribution in [3.8, 4) is 0 Å². The number of aryl methyl sites for hydroxylation is 1. The number of anilines is 1. The van der Waals surface area contributed by atoms with E-state index in [0.717, 1.165) is 36.7 Å². The predicted octanol–water partition coefficient (Wildman–Crippen LogP) is 1.63. The Balaban J connectivity index is 1.80. The van der Waals surface area contributed by atoms with Gasteiger partial charge < -0.3 is 10.6 Å². The molecule has 2 N–H and O–H groups in total. The molecule has 0 spiro atoms. The lowest BCUT2D eigenvalue weighted by atomic mass is 10.1. The van der Waals surface area contributed by atoms with Crippen LogP contribution in [0.4, 0.5) is 5.95 Å². The highest BCUT2D eigenvalue weighted by atomic mass is 16.1. The third-order valence-electron chi connectivity index (χ3n) is 3.86. The zero-order valence-corrected chi connectivity index (χ0v) is 12.4. The van der Waals surface area contributed by atoms with Crippen LogP contribution in [-0.2, 0) is 11.2 Å². The number of hydrogen-bond donors (Lipinski definition) is 1. The van der Waals surface area contributed by atoms with E-state index in [2.05, 4.69) is 14.9 Å². The lowest BCUT2D eigenvalue weighted by Crippen LogP contribution is -2.25. The summed E-state index contributed by atoms with van der Waals surface area (Å²) in [5.41, 5.74) is 7.11. The van der Waals surface area contributed by atoms with Crippen molar-refractivity contribution in [2.24, 2.45) is 5.73 Å². The third-order valence-corrected chi connectivity index (χ3v) is 3.86. The van der Waals surface area contributed by atoms with Crippen molar-refractivity contribution in [3.05, 3.63) is 48.0 Å².